The second kappa shape index (κ2) is 5.56. The lowest BCUT2D eigenvalue weighted by molar-refractivity contribution is 0.0942. The van der Waals surface area contributed by atoms with Gasteiger partial charge >= 0.3 is 0 Å². The summed E-state index contributed by atoms with van der Waals surface area (Å²) in [6.07, 6.45) is 5.98. The molecule has 0 saturated heterocycles. The molecule has 0 aromatic carbocycles. The van der Waals surface area contributed by atoms with E-state index in [0.29, 0.717) is 12.5 Å². The first-order valence-corrected chi connectivity index (χ1v) is 8.89. The molecule has 7 heteroatoms. The number of aromatic nitrogens is 4. The first kappa shape index (κ1) is 14.6. The smallest absolute Gasteiger partial charge is 0.290 e. The predicted molar refractivity (Wildman–Crippen MR) is 90.0 cm³/mol. The molecule has 0 saturated carbocycles. The molecular weight excluding hydrogens is 310 g/mol. The number of amides is 1. The Hall–Kier alpha value is -2.02. The van der Waals surface area contributed by atoms with Crippen molar-refractivity contribution in [3.8, 4) is 0 Å². The topological polar surface area (TPSA) is 72.2 Å². The zero-order valence-electron chi connectivity index (χ0n) is 13.3. The van der Waals surface area contributed by atoms with Gasteiger partial charge in [0.15, 0.2) is 5.65 Å². The Kier molecular flexibility index (Phi) is 3.52. The van der Waals surface area contributed by atoms with Crippen molar-refractivity contribution in [2.45, 2.75) is 39.5 Å². The summed E-state index contributed by atoms with van der Waals surface area (Å²) in [5.74, 6) is 0.567. The van der Waals surface area contributed by atoms with Crippen molar-refractivity contribution < 1.29 is 4.79 Å². The van der Waals surface area contributed by atoms with Gasteiger partial charge in [0, 0.05) is 11.4 Å². The van der Waals surface area contributed by atoms with Crippen LogP contribution in [0.1, 0.15) is 47.7 Å². The molecule has 1 aliphatic carbocycles. The molecular formula is C16H19N5OS. The number of hydrogen-bond donors (Lipinski definition) is 1. The van der Waals surface area contributed by atoms with Gasteiger partial charge in [-0.15, -0.1) is 16.4 Å². The molecule has 0 atom stereocenters. The fourth-order valence-corrected chi connectivity index (χ4v) is 4.27. The number of nitrogens with one attached hydrogen (secondary N) is 1. The summed E-state index contributed by atoms with van der Waals surface area (Å²) >= 11 is 1.74. The van der Waals surface area contributed by atoms with Crippen molar-refractivity contribution in [1.29, 1.82) is 0 Å². The van der Waals surface area contributed by atoms with E-state index in [2.05, 4.69) is 34.2 Å². The van der Waals surface area contributed by atoms with Gasteiger partial charge < -0.3 is 5.32 Å². The van der Waals surface area contributed by atoms with Crippen molar-refractivity contribution in [3.05, 3.63) is 22.6 Å². The van der Waals surface area contributed by atoms with Gasteiger partial charge in [-0.1, -0.05) is 13.8 Å². The lowest BCUT2D eigenvalue weighted by atomic mass is 10.1. The van der Waals surface area contributed by atoms with Gasteiger partial charge in [-0.25, -0.2) is 14.5 Å². The van der Waals surface area contributed by atoms with E-state index >= 15 is 0 Å². The summed E-state index contributed by atoms with van der Waals surface area (Å²) in [6.45, 7) is 4.91. The molecule has 1 N–H and O–H groups in total. The number of hydrogen-bond acceptors (Lipinski definition) is 5. The Labute approximate surface area is 137 Å². The first-order chi connectivity index (χ1) is 11.1. The van der Waals surface area contributed by atoms with Crippen LogP contribution in [0.2, 0.25) is 0 Å². The summed E-state index contributed by atoms with van der Waals surface area (Å²) in [5, 5.41) is 8.27. The standard InChI is InChI=1S/C16H19N5OS/c1-9(2)6-7-17-15(22)13-19-14-12-10-4-3-5-11(10)23-16(12)18-8-21(14)20-13/h8-9H,3-7H2,1-2H3,(H,17,22). The van der Waals surface area contributed by atoms with Crippen LogP contribution in [0.4, 0.5) is 0 Å². The number of thiophene rings is 1. The molecule has 1 amide bonds. The molecule has 1 aliphatic rings. The second-order valence-corrected chi connectivity index (χ2v) is 7.51. The van der Waals surface area contributed by atoms with E-state index in [1.165, 1.54) is 16.9 Å². The molecule has 23 heavy (non-hydrogen) atoms. The Morgan fingerprint density at radius 1 is 1.43 bits per heavy atom. The second-order valence-electron chi connectivity index (χ2n) is 6.42. The van der Waals surface area contributed by atoms with E-state index in [1.54, 1.807) is 22.2 Å². The van der Waals surface area contributed by atoms with Crippen LogP contribution < -0.4 is 5.32 Å². The van der Waals surface area contributed by atoms with E-state index in [1.807, 2.05) is 0 Å². The zero-order valence-corrected chi connectivity index (χ0v) is 14.1. The fraction of sp³-hybridized carbons (Fsp3) is 0.500. The molecule has 120 valence electrons. The average molecular weight is 329 g/mol. The molecule has 3 aromatic rings. The Balaban J connectivity index is 1.70. The van der Waals surface area contributed by atoms with Crippen LogP contribution in [0.15, 0.2) is 6.33 Å². The van der Waals surface area contributed by atoms with Crippen LogP contribution in [-0.4, -0.2) is 32.0 Å². The number of carbonyl (C=O) groups is 1. The summed E-state index contributed by atoms with van der Waals surface area (Å²) in [7, 11) is 0. The van der Waals surface area contributed by atoms with E-state index in [9.17, 15) is 4.79 Å². The van der Waals surface area contributed by atoms with Crippen LogP contribution in [0.25, 0.3) is 15.9 Å². The zero-order chi connectivity index (χ0) is 16.0. The van der Waals surface area contributed by atoms with E-state index in [-0.39, 0.29) is 11.7 Å². The van der Waals surface area contributed by atoms with Gasteiger partial charge in [0.05, 0.1) is 5.39 Å². The van der Waals surface area contributed by atoms with Crippen molar-refractivity contribution in [2.75, 3.05) is 6.54 Å². The van der Waals surface area contributed by atoms with Crippen LogP contribution in [-0.2, 0) is 12.8 Å². The molecule has 6 nitrogen and oxygen atoms in total. The SMILES string of the molecule is CC(C)CCNC(=O)c1nc2c3c4c(sc3ncn2n1)CCC4. The number of rotatable bonds is 4. The van der Waals surface area contributed by atoms with E-state index < -0.39 is 0 Å². The predicted octanol–water partition coefficient (Wildman–Crippen LogP) is 2.60. The first-order valence-electron chi connectivity index (χ1n) is 8.07. The van der Waals surface area contributed by atoms with Crippen molar-refractivity contribution in [1.82, 2.24) is 24.9 Å². The fourth-order valence-electron chi connectivity index (χ4n) is 3.04. The highest BCUT2D eigenvalue weighted by Gasteiger charge is 2.23. The van der Waals surface area contributed by atoms with Gasteiger partial charge in [-0.3, -0.25) is 4.79 Å². The van der Waals surface area contributed by atoms with Gasteiger partial charge in [-0.05, 0) is 37.2 Å². The molecule has 3 heterocycles. The van der Waals surface area contributed by atoms with E-state index in [0.717, 1.165) is 35.1 Å². The van der Waals surface area contributed by atoms with Gasteiger partial charge in [0.1, 0.15) is 11.2 Å². The van der Waals surface area contributed by atoms with Crippen LogP contribution in [0.5, 0.6) is 0 Å². The van der Waals surface area contributed by atoms with Crippen LogP contribution >= 0.6 is 11.3 Å². The third-order valence-corrected chi connectivity index (χ3v) is 5.45. The molecule has 0 unspecified atom stereocenters. The van der Waals surface area contributed by atoms with Crippen molar-refractivity contribution >= 4 is 33.1 Å². The van der Waals surface area contributed by atoms with Crippen molar-refractivity contribution in [2.24, 2.45) is 5.92 Å². The largest absolute Gasteiger partial charge is 0.349 e. The summed E-state index contributed by atoms with van der Waals surface area (Å²) in [4.78, 5) is 23.6. The van der Waals surface area contributed by atoms with Crippen LogP contribution in [0.3, 0.4) is 0 Å². The number of nitrogens with zero attached hydrogens (tertiary/aromatic N) is 4. The molecule has 0 spiro atoms. The summed E-state index contributed by atoms with van der Waals surface area (Å²) < 4.78 is 1.63. The van der Waals surface area contributed by atoms with Gasteiger partial charge in [-0.2, -0.15) is 0 Å². The third-order valence-electron chi connectivity index (χ3n) is 4.25. The van der Waals surface area contributed by atoms with E-state index in [4.69, 9.17) is 0 Å². The van der Waals surface area contributed by atoms with Crippen molar-refractivity contribution in [3.63, 3.8) is 0 Å². The summed E-state index contributed by atoms with van der Waals surface area (Å²) in [6, 6.07) is 0. The third kappa shape index (κ3) is 2.49. The number of carbonyl (C=O) groups excluding carboxylic acids is 1. The summed E-state index contributed by atoms with van der Waals surface area (Å²) in [5.41, 5.74) is 2.10. The maximum Gasteiger partial charge on any atom is 0.290 e. The molecule has 0 fully saturated rings. The highest BCUT2D eigenvalue weighted by molar-refractivity contribution is 7.19. The van der Waals surface area contributed by atoms with Gasteiger partial charge in [0.25, 0.3) is 5.91 Å². The number of aryl methyl sites for hydroxylation is 2. The highest BCUT2D eigenvalue weighted by Crippen LogP contribution is 2.37. The number of fused-ring (bicyclic) bond motifs is 5. The average Bonchev–Trinajstić information content (AvgIpc) is 3.18. The van der Waals surface area contributed by atoms with Crippen LogP contribution in [0, 0.1) is 5.92 Å². The molecule has 0 bridgehead atoms. The minimum Gasteiger partial charge on any atom is -0.349 e. The highest BCUT2D eigenvalue weighted by atomic mass is 32.1. The minimum absolute atomic E-state index is 0.214. The quantitative estimate of drug-likeness (QED) is 0.798. The molecule has 0 aliphatic heterocycles. The normalized spacial score (nSPS) is 14.0. The maximum atomic E-state index is 12.2. The lowest BCUT2D eigenvalue weighted by Crippen LogP contribution is -2.26. The van der Waals surface area contributed by atoms with Gasteiger partial charge in [0.2, 0.25) is 5.82 Å². The molecule has 4 rings (SSSR count). The monoisotopic (exact) mass is 329 g/mol. The molecule has 0 radical (unpaired) electrons. The lowest BCUT2D eigenvalue weighted by Gasteiger charge is -2.04. The Bertz CT molecular complexity index is 895. The minimum atomic E-state index is -0.214. The molecule has 3 aromatic heterocycles. The Morgan fingerprint density at radius 3 is 3.13 bits per heavy atom. The maximum absolute atomic E-state index is 12.2. The Morgan fingerprint density at radius 2 is 2.30 bits per heavy atom.